The summed E-state index contributed by atoms with van der Waals surface area (Å²) in [5, 5.41) is 16.1. The third kappa shape index (κ3) is 4.89. The molecule has 2 N–H and O–H groups in total. The van der Waals surface area contributed by atoms with Crippen molar-refractivity contribution in [3.8, 4) is 11.4 Å². The largest absolute Gasteiger partial charge is 0.394 e. The smallest absolute Gasteiger partial charge is 0.251 e. The van der Waals surface area contributed by atoms with Crippen LogP contribution < -0.4 is 5.32 Å². The van der Waals surface area contributed by atoms with Crippen molar-refractivity contribution >= 4 is 5.91 Å². The Morgan fingerprint density at radius 1 is 1.25 bits per heavy atom. The molecule has 0 atom stereocenters. The van der Waals surface area contributed by atoms with Gasteiger partial charge in [0, 0.05) is 17.5 Å². The summed E-state index contributed by atoms with van der Waals surface area (Å²) < 4.78 is 5.30. The molecule has 1 aromatic heterocycles. The molecule has 0 fully saturated rings. The van der Waals surface area contributed by atoms with Gasteiger partial charge in [-0.3, -0.25) is 4.79 Å². The van der Waals surface area contributed by atoms with Crippen LogP contribution in [0, 0.1) is 5.41 Å². The van der Waals surface area contributed by atoms with E-state index in [1.807, 2.05) is 6.07 Å². The highest BCUT2D eigenvalue weighted by Gasteiger charge is 2.21. The van der Waals surface area contributed by atoms with E-state index in [0.29, 0.717) is 29.3 Å². The first-order valence-electron chi connectivity index (χ1n) is 7.96. The summed E-state index contributed by atoms with van der Waals surface area (Å²) in [5.41, 5.74) is 0.574. The topological polar surface area (TPSA) is 88.2 Å². The highest BCUT2D eigenvalue weighted by molar-refractivity contribution is 5.95. The van der Waals surface area contributed by atoms with E-state index in [2.05, 4.69) is 36.2 Å². The van der Waals surface area contributed by atoms with Gasteiger partial charge >= 0.3 is 0 Å². The molecule has 2 rings (SSSR count). The number of hydrogen-bond acceptors (Lipinski definition) is 5. The van der Waals surface area contributed by atoms with Crippen molar-refractivity contribution in [1.82, 2.24) is 15.5 Å². The molecule has 2 aromatic rings. The number of aromatic nitrogens is 2. The van der Waals surface area contributed by atoms with Crippen LogP contribution >= 0.6 is 0 Å². The zero-order chi connectivity index (χ0) is 18.0. The summed E-state index contributed by atoms with van der Waals surface area (Å²) in [4.78, 5) is 16.7. The fourth-order valence-corrected chi connectivity index (χ4v) is 2.12. The molecule has 6 nitrogen and oxygen atoms in total. The second-order valence-electron chi connectivity index (χ2n) is 7.83. The van der Waals surface area contributed by atoms with Gasteiger partial charge in [-0.15, -0.1) is 0 Å². The Morgan fingerprint density at radius 3 is 2.58 bits per heavy atom. The monoisotopic (exact) mass is 331 g/mol. The van der Waals surface area contributed by atoms with Crippen LogP contribution in [0.5, 0.6) is 0 Å². The minimum Gasteiger partial charge on any atom is -0.394 e. The fourth-order valence-electron chi connectivity index (χ4n) is 2.12. The van der Waals surface area contributed by atoms with Crippen molar-refractivity contribution in [2.24, 2.45) is 5.41 Å². The van der Waals surface area contributed by atoms with Crippen LogP contribution in [0.4, 0.5) is 0 Å². The van der Waals surface area contributed by atoms with E-state index in [4.69, 9.17) is 4.52 Å². The van der Waals surface area contributed by atoms with Crippen LogP contribution in [0.25, 0.3) is 11.4 Å². The molecule has 0 radical (unpaired) electrons. The molecule has 6 heteroatoms. The van der Waals surface area contributed by atoms with Crippen LogP contribution in [0.1, 0.15) is 50.9 Å². The molecular weight excluding hydrogens is 306 g/mol. The van der Waals surface area contributed by atoms with Gasteiger partial charge in [-0.05, 0) is 31.4 Å². The van der Waals surface area contributed by atoms with Crippen molar-refractivity contribution < 1.29 is 14.4 Å². The molecule has 0 unspecified atom stereocenters. The van der Waals surface area contributed by atoms with E-state index in [9.17, 15) is 9.90 Å². The van der Waals surface area contributed by atoms with Gasteiger partial charge in [0.1, 0.15) is 0 Å². The Bertz CT molecular complexity index is 714. The Morgan fingerprint density at radius 2 is 1.96 bits per heavy atom. The lowest BCUT2D eigenvalue weighted by atomic mass is 9.92. The number of nitrogens with one attached hydrogen (secondary N) is 1. The fraction of sp³-hybridized carbons (Fsp3) is 0.500. The van der Waals surface area contributed by atoms with Crippen LogP contribution in [0.3, 0.4) is 0 Å². The number of carbonyl (C=O) groups excluding carboxylic acids is 1. The van der Waals surface area contributed by atoms with Crippen molar-refractivity contribution in [2.45, 2.75) is 46.6 Å². The Labute approximate surface area is 142 Å². The van der Waals surface area contributed by atoms with Gasteiger partial charge in [-0.1, -0.05) is 38.1 Å². The van der Waals surface area contributed by atoms with Gasteiger partial charge in [0.25, 0.3) is 5.91 Å². The maximum absolute atomic E-state index is 12.3. The summed E-state index contributed by atoms with van der Waals surface area (Å²) in [7, 11) is 0. The molecule has 0 aliphatic heterocycles. The van der Waals surface area contributed by atoms with E-state index in [-0.39, 0.29) is 17.9 Å². The lowest BCUT2D eigenvalue weighted by Crippen LogP contribution is -2.46. The summed E-state index contributed by atoms with van der Waals surface area (Å²) in [6.45, 7) is 9.68. The standard InChI is InChI=1S/C18H25N3O3/c1-17(2,3)10-14-19-15(21-24-14)12-7-6-8-13(9-12)16(23)20-18(4,5)11-22/h6-9,22H,10-11H2,1-5H3,(H,20,23). The quantitative estimate of drug-likeness (QED) is 0.879. The van der Waals surface area contributed by atoms with Gasteiger partial charge in [0.15, 0.2) is 0 Å². The number of aliphatic hydroxyl groups is 1. The van der Waals surface area contributed by atoms with Gasteiger partial charge < -0.3 is 14.9 Å². The molecule has 24 heavy (non-hydrogen) atoms. The minimum atomic E-state index is -0.681. The molecule has 1 amide bonds. The van der Waals surface area contributed by atoms with Gasteiger partial charge in [0.05, 0.1) is 12.1 Å². The maximum Gasteiger partial charge on any atom is 0.251 e. The molecular formula is C18H25N3O3. The molecule has 1 heterocycles. The number of aliphatic hydroxyl groups excluding tert-OH is 1. The lowest BCUT2D eigenvalue weighted by Gasteiger charge is -2.23. The van der Waals surface area contributed by atoms with Crippen LogP contribution in [0.15, 0.2) is 28.8 Å². The van der Waals surface area contributed by atoms with Crippen molar-refractivity contribution in [3.63, 3.8) is 0 Å². The molecule has 130 valence electrons. The second-order valence-corrected chi connectivity index (χ2v) is 7.83. The summed E-state index contributed by atoms with van der Waals surface area (Å²) in [5.74, 6) is 0.786. The second kappa shape index (κ2) is 6.73. The molecule has 0 aliphatic carbocycles. The molecule has 0 bridgehead atoms. The number of hydrogen-bond donors (Lipinski definition) is 2. The highest BCUT2D eigenvalue weighted by atomic mass is 16.5. The Balaban J connectivity index is 2.20. The SMILES string of the molecule is CC(C)(C)Cc1nc(-c2cccc(C(=O)NC(C)(C)CO)c2)no1. The zero-order valence-corrected chi connectivity index (χ0v) is 14.9. The number of nitrogens with zero attached hydrogens (tertiary/aromatic N) is 2. The van der Waals surface area contributed by atoms with Gasteiger partial charge in [0.2, 0.25) is 11.7 Å². The molecule has 0 aliphatic rings. The molecule has 0 spiro atoms. The number of benzene rings is 1. The predicted molar refractivity (Wildman–Crippen MR) is 91.5 cm³/mol. The third-order valence-electron chi connectivity index (χ3n) is 3.38. The summed E-state index contributed by atoms with van der Waals surface area (Å²) in [6, 6.07) is 7.03. The van der Waals surface area contributed by atoms with Crippen LogP contribution in [-0.2, 0) is 6.42 Å². The lowest BCUT2D eigenvalue weighted by molar-refractivity contribution is 0.0869. The van der Waals surface area contributed by atoms with Gasteiger partial charge in [-0.2, -0.15) is 4.98 Å². The summed E-state index contributed by atoms with van der Waals surface area (Å²) >= 11 is 0. The summed E-state index contributed by atoms with van der Waals surface area (Å²) in [6.07, 6.45) is 0.685. The van der Waals surface area contributed by atoms with Crippen molar-refractivity contribution in [1.29, 1.82) is 0 Å². The normalized spacial score (nSPS) is 12.2. The zero-order valence-electron chi connectivity index (χ0n) is 14.9. The molecule has 0 saturated heterocycles. The van der Waals surface area contributed by atoms with E-state index in [1.165, 1.54) is 0 Å². The maximum atomic E-state index is 12.3. The average Bonchev–Trinajstić information content (AvgIpc) is 2.93. The number of amides is 1. The van der Waals surface area contributed by atoms with Crippen molar-refractivity contribution in [3.05, 3.63) is 35.7 Å². The third-order valence-corrected chi connectivity index (χ3v) is 3.38. The average molecular weight is 331 g/mol. The van der Waals surface area contributed by atoms with E-state index in [1.54, 1.807) is 32.0 Å². The van der Waals surface area contributed by atoms with E-state index >= 15 is 0 Å². The first-order valence-corrected chi connectivity index (χ1v) is 7.96. The molecule has 1 aromatic carbocycles. The minimum absolute atomic E-state index is 0.0570. The highest BCUT2D eigenvalue weighted by Crippen LogP contribution is 2.22. The van der Waals surface area contributed by atoms with Crippen molar-refractivity contribution in [2.75, 3.05) is 6.61 Å². The van der Waals surface area contributed by atoms with E-state index < -0.39 is 5.54 Å². The first-order chi connectivity index (χ1) is 11.1. The Kier molecular flexibility index (Phi) is 5.08. The van der Waals surface area contributed by atoms with Crippen LogP contribution in [-0.4, -0.2) is 33.3 Å². The first kappa shape index (κ1) is 18.1. The Hall–Kier alpha value is -2.21. The molecule has 0 saturated carbocycles. The number of rotatable bonds is 5. The van der Waals surface area contributed by atoms with E-state index in [0.717, 1.165) is 0 Å². The van der Waals surface area contributed by atoms with Crippen LogP contribution in [0.2, 0.25) is 0 Å². The number of carbonyl (C=O) groups is 1. The van der Waals surface area contributed by atoms with Gasteiger partial charge in [-0.25, -0.2) is 0 Å². The predicted octanol–water partition coefficient (Wildman–Crippen LogP) is 2.83.